The van der Waals surface area contributed by atoms with Crippen LogP contribution in [0.3, 0.4) is 0 Å². The zero-order valence-electron chi connectivity index (χ0n) is 17.2. The van der Waals surface area contributed by atoms with E-state index in [1.54, 1.807) is 23.2 Å². The van der Waals surface area contributed by atoms with Crippen LogP contribution in [0, 0.1) is 0 Å². The summed E-state index contributed by atoms with van der Waals surface area (Å²) in [5, 5.41) is 0. The molecule has 1 aliphatic heterocycles. The number of pyridine rings is 1. The predicted molar refractivity (Wildman–Crippen MR) is 104 cm³/mol. The summed E-state index contributed by atoms with van der Waals surface area (Å²) in [4.78, 5) is 33.1. The SMILES string of the molecule is CCN(C(=O)OC(C)(C)C)C1CCN(c2ncccc2C(=O)OC(C)C)C1. The number of nitrogens with zero attached hydrogens (tertiary/aromatic N) is 3. The fourth-order valence-corrected chi connectivity index (χ4v) is 3.13. The fourth-order valence-electron chi connectivity index (χ4n) is 3.13. The molecule has 2 heterocycles. The summed E-state index contributed by atoms with van der Waals surface area (Å²) in [6.45, 7) is 13.0. The Labute approximate surface area is 161 Å². The number of aromatic nitrogens is 1. The second-order valence-electron chi connectivity index (χ2n) is 7.98. The Hall–Kier alpha value is -2.31. The number of ether oxygens (including phenoxy) is 2. The Bertz CT molecular complexity index is 669. The van der Waals surface area contributed by atoms with Crippen LogP contribution in [-0.4, -0.2) is 59.3 Å². The van der Waals surface area contributed by atoms with Crippen molar-refractivity contribution in [3.63, 3.8) is 0 Å². The fraction of sp³-hybridized carbons (Fsp3) is 0.650. The van der Waals surface area contributed by atoms with Gasteiger partial charge in [-0.25, -0.2) is 14.6 Å². The molecule has 1 atom stereocenters. The zero-order chi connectivity index (χ0) is 20.2. The maximum absolute atomic E-state index is 12.5. The number of carbonyl (C=O) groups is 2. The number of hydrogen-bond donors (Lipinski definition) is 0. The molecule has 0 spiro atoms. The summed E-state index contributed by atoms with van der Waals surface area (Å²) in [6.07, 6.45) is 1.96. The van der Waals surface area contributed by atoms with Crippen molar-refractivity contribution in [2.75, 3.05) is 24.5 Å². The molecular weight excluding hydrogens is 346 g/mol. The third-order valence-corrected chi connectivity index (χ3v) is 4.22. The minimum absolute atomic E-state index is 0.0147. The molecule has 1 aromatic rings. The van der Waals surface area contributed by atoms with Crippen LogP contribution in [0.2, 0.25) is 0 Å². The first kappa shape index (κ1) is 21.0. The monoisotopic (exact) mass is 377 g/mol. The normalized spacial score (nSPS) is 17.1. The van der Waals surface area contributed by atoms with Gasteiger partial charge in [-0.1, -0.05) is 0 Å². The lowest BCUT2D eigenvalue weighted by Gasteiger charge is -2.31. The zero-order valence-corrected chi connectivity index (χ0v) is 17.2. The van der Waals surface area contributed by atoms with Gasteiger partial charge in [-0.05, 0) is 60.1 Å². The quantitative estimate of drug-likeness (QED) is 0.732. The van der Waals surface area contributed by atoms with Gasteiger partial charge in [0.15, 0.2) is 0 Å². The Morgan fingerprint density at radius 3 is 2.67 bits per heavy atom. The third kappa shape index (κ3) is 5.58. The average molecular weight is 377 g/mol. The predicted octanol–water partition coefficient (Wildman–Crippen LogP) is 3.48. The molecule has 7 heteroatoms. The van der Waals surface area contributed by atoms with Gasteiger partial charge >= 0.3 is 12.1 Å². The van der Waals surface area contributed by atoms with E-state index in [2.05, 4.69) is 4.98 Å². The van der Waals surface area contributed by atoms with Gasteiger partial charge in [0.05, 0.1) is 12.1 Å². The number of rotatable bonds is 5. The van der Waals surface area contributed by atoms with E-state index in [-0.39, 0.29) is 24.2 Å². The van der Waals surface area contributed by atoms with Crippen LogP contribution in [0.1, 0.15) is 58.3 Å². The van der Waals surface area contributed by atoms with Crippen molar-refractivity contribution in [3.8, 4) is 0 Å². The van der Waals surface area contributed by atoms with Crippen LogP contribution in [0.4, 0.5) is 10.6 Å². The highest BCUT2D eigenvalue weighted by atomic mass is 16.6. The molecule has 0 aromatic carbocycles. The van der Waals surface area contributed by atoms with Crippen molar-refractivity contribution in [3.05, 3.63) is 23.9 Å². The maximum Gasteiger partial charge on any atom is 0.410 e. The Morgan fingerprint density at radius 2 is 2.07 bits per heavy atom. The van der Waals surface area contributed by atoms with Crippen LogP contribution >= 0.6 is 0 Å². The lowest BCUT2D eigenvalue weighted by molar-refractivity contribution is 0.0190. The van der Waals surface area contributed by atoms with E-state index in [1.807, 2.05) is 46.4 Å². The smallest absolute Gasteiger partial charge is 0.410 e. The largest absolute Gasteiger partial charge is 0.459 e. The summed E-state index contributed by atoms with van der Waals surface area (Å²) in [6, 6.07) is 3.47. The van der Waals surface area contributed by atoms with Crippen LogP contribution in [0.5, 0.6) is 0 Å². The second kappa shape index (κ2) is 8.59. The van der Waals surface area contributed by atoms with Crippen molar-refractivity contribution in [1.29, 1.82) is 0 Å². The summed E-state index contributed by atoms with van der Waals surface area (Å²) in [7, 11) is 0. The molecule has 0 saturated carbocycles. The molecule has 0 radical (unpaired) electrons. The van der Waals surface area contributed by atoms with Crippen molar-refractivity contribution in [1.82, 2.24) is 9.88 Å². The molecule has 2 rings (SSSR count). The van der Waals surface area contributed by atoms with E-state index in [0.29, 0.717) is 31.0 Å². The summed E-state index contributed by atoms with van der Waals surface area (Å²) < 4.78 is 10.9. The van der Waals surface area contributed by atoms with E-state index in [1.165, 1.54) is 0 Å². The molecule has 0 aliphatic carbocycles. The number of carbonyl (C=O) groups excluding carboxylic acids is 2. The lowest BCUT2D eigenvalue weighted by atomic mass is 10.2. The molecule has 0 bridgehead atoms. The van der Waals surface area contributed by atoms with Crippen LogP contribution in [0.15, 0.2) is 18.3 Å². The summed E-state index contributed by atoms with van der Waals surface area (Å²) in [5.41, 5.74) is -0.0791. The Morgan fingerprint density at radius 1 is 1.37 bits per heavy atom. The number of anilines is 1. The Kier molecular flexibility index (Phi) is 6.68. The van der Waals surface area contributed by atoms with E-state index in [4.69, 9.17) is 9.47 Å². The molecule has 7 nitrogen and oxygen atoms in total. The molecule has 1 saturated heterocycles. The van der Waals surface area contributed by atoms with Gasteiger partial charge in [0.2, 0.25) is 0 Å². The third-order valence-electron chi connectivity index (χ3n) is 4.22. The van der Waals surface area contributed by atoms with Gasteiger partial charge in [-0.15, -0.1) is 0 Å². The molecule has 1 amide bonds. The lowest BCUT2D eigenvalue weighted by Crippen LogP contribution is -2.44. The van der Waals surface area contributed by atoms with Crippen molar-refractivity contribution >= 4 is 17.9 Å². The highest BCUT2D eigenvalue weighted by molar-refractivity contribution is 5.95. The first-order valence-corrected chi connectivity index (χ1v) is 9.53. The molecule has 1 unspecified atom stereocenters. The molecule has 1 aliphatic rings. The van der Waals surface area contributed by atoms with E-state index in [0.717, 1.165) is 6.42 Å². The van der Waals surface area contributed by atoms with Gasteiger partial charge < -0.3 is 19.3 Å². The molecule has 1 aromatic heterocycles. The van der Waals surface area contributed by atoms with Gasteiger partial charge in [-0.2, -0.15) is 0 Å². The first-order chi connectivity index (χ1) is 12.6. The standard InChI is InChI=1S/C20H31N3O4/c1-7-23(19(25)27-20(4,5)6)15-10-12-22(13-15)17-16(9-8-11-21-17)18(24)26-14(2)3/h8-9,11,14-15H,7,10,12-13H2,1-6H3. The van der Waals surface area contributed by atoms with E-state index < -0.39 is 5.60 Å². The molecule has 27 heavy (non-hydrogen) atoms. The van der Waals surface area contributed by atoms with E-state index >= 15 is 0 Å². The van der Waals surface area contributed by atoms with Crippen molar-refractivity contribution < 1.29 is 19.1 Å². The van der Waals surface area contributed by atoms with Crippen molar-refractivity contribution in [2.45, 2.75) is 65.7 Å². The van der Waals surface area contributed by atoms with Crippen LogP contribution < -0.4 is 4.90 Å². The average Bonchev–Trinajstić information content (AvgIpc) is 3.02. The topological polar surface area (TPSA) is 72.0 Å². The van der Waals surface area contributed by atoms with Gasteiger partial charge in [0.25, 0.3) is 0 Å². The number of esters is 1. The van der Waals surface area contributed by atoms with E-state index in [9.17, 15) is 9.59 Å². The highest BCUT2D eigenvalue weighted by Gasteiger charge is 2.34. The maximum atomic E-state index is 12.5. The summed E-state index contributed by atoms with van der Waals surface area (Å²) in [5.74, 6) is 0.224. The molecule has 150 valence electrons. The van der Waals surface area contributed by atoms with Crippen LogP contribution in [0.25, 0.3) is 0 Å². The first-order valence-electron chi connectivity index (χ1n) is 9.53. The van der Waals surface area contributed by atoms with Gasteiger partial charge in [0, 0.05) is 25.8 Å². The van der Waals surface area contributed by atoms with Crippen molar-refractivity contribution in [2.24, 2.45) is 0 Å². The van der Waals surface area contributed by atoms with Gasteiger partial charge in [-0.3, -0.25) is 0 Å². The molecular formula is C20H31N3O4. The van der Waals surface area contributed by atoms with Gasteiger partial charge in [0.1, 0.15) is 17.0 Å². The second-order valence-corrected chi connectivity index (χ2v) is 7.98. The molecule has 0 N–H and O–H groups in total. The molecule has 1 fully saturated rings. The minimum Gasteiger partial charge on any atom is -0.459 e. The summed E-state index contributed by atoms with van der Waals surface area (Å²) >= 11 is 0. The highest BCUT2D eigenvalue weighted by Crippen LogP contribution is 2.26. The Balaban J connectivity index is 2.14. The number of hydrogen-bond acceptors (Lipinski definition) is 6. The minimum atomic E-state index is -0.530. The number of likely N-dealkylation sites (N-methyl/N-ethyl adjacent to an activating group) is 1. The number of amides is 1. The van der Waals surface area contributed by atoms with Crippen LogP contribution in [-0.2, 0) is 9.47 Å².